The Morgan fingerprint density at radius 1 is 1.15 bits per heavy atom. The third-order valence-corrected chi connectivity index (χ3v) is 4.49. The second kappa shape index (κ2) is 9.04. The second-order valence-corrected chi connectivity index (χ2v) is 6.40. The minimum Gasteiger partial charge on any atom is -0.492 e. The van der Waals surface area contributed by atoms with Gasteiger partial charge in [0.2, 0.25) is 11.1 Å². The number of amides is 1. The molecule has 9 heteroatoms. The lowest BCUT2D eigenvalue weighted by Crippen LogP contribution is -2.29. The van der Waals surface area contributed by atoms with Crippen LogP contribution in [0.4, 0.5) is 4.39 Å². The highest BCUT2D eigenvalue weighted by Crippen LogP contribution is 2.23. The summed E-state index contributed by atoms with van der Waals surface area (Å²) in [5.74, 6) is 6.36. The molecule has 0 bridgehead atoms. The minimum atomic E-state index is -0.440. The molecule has 1 aromatic heterocycles. The molecule has 27 heavy (non-hydrogen) atoms. The molecule has 0 atom stereocenters. The topological polar surface area (TPSA) is 95.1 Å². The molecule has 0 radical (unpaired) electrons. The summed E-state index contributed by atoms with van der Waals surface area (Å²) in [4.78, 5) is 11.9. The van der Waals surface area contributed by atoms with Crippen molar-refractivity contribution in [2.45, 2.75) is 5.16 Å². The Hall–Kier alpha value is -3.07. The first-order valence-electron chi connectivity index (χ1n) is 8.18. The van der Waals surface area contributed by atoms with E-state index in [4.69, 9.17) is 10.6 Å². The SMILES string of the molecule is Nn1c(SCC(=O)NCCOc2ccccc2)nnc1-c1ccccc1F. The number of hydrogen-bond donors (Lipinski definition) is 2. The van der Waals surface area contributed by atoms with Crippen LogP contribution < -0.4 is 15.9 Å². The fraction of sp³-hybridized carbons (Fsp3) is 0.167. The Kier molecular flexibility index (Phi) is 6.26. The molecule has 0 saturated carbocycles. The van der Waals surface area contributed by atoms with E-state index in [1.165, 1.54) is 10.7 Å². The van der Waals surface area contributed by atoms with Crippen molar-refractivity contribution >= 4 is 17.7 Å². The van der Waals surface area contributed by atoms with Crippen LogP contribution in [0.2, 0.25) is 0 Å². The normalized spacial score (nSPS) is 10.6. The number of nitrogens with one attached hydrogen (secondary N) is 1. The van der Waals surface area contributed by atoms with Crippen LogP contribution in [0.3, 0.4) is 0 Å². The molecule has 0 aliphatic rings. The highest BCUT2D eigenvalue weighted by molar-refractivity contribution is 7.99. The predicted octanol–water partition coefficient (Wildman–Crippen LogP) is 2.09. The summed E-state index contributed by atoms with van der Waals surface area (Å²) in [5, 5.41) is 10.9. The van der Waals surface area contributed by atoms with Crippen molar-refractivity contribution < 1.29 is 13.9 Å². The quantitative estimate of drug-likeness (QED) is 0.349. The predicted molar refractivity (Wildman–Crippen MR) is 101 cm³/mol. The number of rotatable bonds is 8. The molecule has 3 rings (SSSR count). The van der Waals surface area contributed by atoms with Crippen LogP contribution >= 0.6 is 11.8 Å². The molecule has 140 valence electrons. The van der Waals surface area contributed by atoms with Crippen LogP contribution in [0.15, 0.2) is 59.8 Å². The molecular formula is C18H18FN5O2S. The average molecular weight is 387 g/mol. The van der Waals surface area contributed by atoms with E-state index in [-0.39, 0.29) is 23.0 Å². The Morgan fingerprint density at radius 2 is 1.89 bits per heavy atom. The van der Waals surface area contributed by atoms with E-state index in [1.807, 2.05) is 30.3 Å². The molecule has 3 N–H and O–H groups in total. The van der Waals surface area contributed by atoms with Crippen LogP contribution in [-0.4, -0.2) is 39.7 Å². The number of nitrogens with two attached hydrogens (primary N) is 1. The van der Waals surface area contributed by atoms with E-state index in [9.17, 15) is 9.18 Å². The van der Waals surface area contributed by atoms with Crippen LogP contribution in [0.1, 0.15) is 0 Å². The summed E-state index contributed by atoms with van der Waals surface area (Å²) >= 11 is 1.12. The van der Waals surface area contributed by atoms with E-state index in [0.717, 1.165) is 17.5 Å². The number of halogens is 1. The van der Waals surface area contributed by atoms with Crippen molar-refractivity contribution in [2.75, 3.05) is 24.7 Å². The molecule has 7 nitrogen and oxygen atoms in total. The number of hydrogen-bond acceptors (Lipinski definition) is 6. The van der Waals surface area contributed by atoms with E-state index in [0.29, 0.717) is 18.3 Å². The number of carbonyl (C=O) groups excluding carboxylic acids is 1. The zero-order chi connectivity index (χ0) is 19.1. The lowest BCUT2D eigenvalue weighted by atomic mass is 10.2. The van der Waals surface area contributed by atoms with Crippen molar-refractivity contribution in [3.05, 3.63) is 60.4 Å². The molecule has 0 unspecified atom stereocenters. The van der Waals surface area contributed by atoms with Gasteiger partial charge in [0.15, 0.2) is 5.82 Å². The van der Waals surface area contributed by atoms with Crippen molar-refractivity contribution in [2.24, 2.45) is 0 Å². The minimum absolute atomic E-state index is 0.109. The maximum atomic E-state index is 13.9. The van der Waals surface area contributed by atoms with Gasteiger partial charge in [-0.1, -0.05) is 42.1 Å². The standard InChI is InChI=1S/C18H18FN5O2S/c19-15-9-5-4-8-14(15)17-22-23-18(24(17)20)27-12-16(25)21-10-11-26-13-6-2-1-3-7-13/h1-9H,10-12,20H2,(H,21,25). The van der Waals surface area contributed by atoms with Gasteiger partial charge >= 0.3 is 0 Å². The van der Waals surface area contributed by atoms with Gasteiger partial charge in [0, 0.05) is 0 Å². The Balaban J connectivity index is 1.46. The summed E-state index contributed by atoms with van der Waals surface area (Å²) < 4.78 is 20.5. The highest BCUT2D eigenvalue weighted by atomic mass is 32.2. The molecule has 0 spiro atoms. The van der Waals surface area contributed by atoms with Crippen molar-refractivity contribution in [3.63, 3.8) is 0 Å². The van der Waals surface area contributed by atoms with E-state index < -0.39 is 5.82 Å². The summed E-state index contributed by atoms with van der Waals surface area (Å²) in [7, 11) is 0. The Morgan fingerprint density at radius 3 is 2.67 bits per heavy atom. The van der Waals surface area contributed by atoms with E-state index >= 15 is 0 Å². The van der Waals surface area contributed by atoms with Gasteiger partial charge in [-0.05, 0) is 24.3 Å². The zero-order valence-corrected chi connectivity index (χ0v) is 15.2. The molecule has 0 aliphatic carbocycles. The number of carbonyl (C=O) groups is 1. The molecule has 1 amide bonds. The van der Waals surface area contributed by atoms with Gasteiger partial charge in [0.25, 0.3) is 0 Å². The summed E-state index contributed by atoms with van der Waals surface area (Å²) in [5.41, 5.74) is 0.252. The average Bonchev–Trinajstić information content (AvgIpc) is 3.05. The van der Waals surface area contributed by atoms with Gasteiger partial charge < -0.3 is 15.9 Å². The monoisotopic (exact) mass is 387 g/mol. The molecule has 1 heterocycles. The first-order valence-corrected chi connectivity index (χ1v) is 9.16. The van der Waals surface area contributed by atoms with E-state index in [2.05, 4.69) is 15.5 Å². The summed E-state index contributed by atoms with van der Waals surface area (Å²) in [6.45, 7) is 0.745. The number of ether oxygens (including phenoxy) is 1. The van der Waals surface area contributed by atoms with Gasteiger partial charge in [0.1, 0.15) is 18.2 Å². The number of thioether (sulfide) groups is 1. The molecule has 3 aromatic rings. The van der Waals surface area contributed by atoms with E-state index in [1.54, 1.807) is 18.2 Å². The first kappa shape index (κ1) is 18.7. The highest BCUT2D eigenvalue weighted by Gasteiger charge is 2.16. The Labute approximate surface area is 159 Å². The largest absolute Gasteiger partial charge is 0.492 e. The molecule has 0 saturated heterocycles. The zero-order valence-electron chi connectivity index (χ0n) is 14.3. The van der Waals surface area contributed by atoms with Crippen LogP contribution in [0, 0.1) is 5.82 Å². The smallest absolute Gasteiger partial charge is 0.230 e. The fourth-order valence-corrected chi connectivity index (χ4v) is 2.95. The molecule has 2 aromatic carbocycles. The number of para-hydroxylation sites is 1. The van der Waals surface area contributed by atoms with Gasteiger partial charge in [-0.3, -0.25) is 4.79 Å². The van der Waals surface area contributed by atoms with Gasteiger partial charge in [-0.15, -0.1) is 10.2 Å². The number of aromatic nitrogens is 3. The van der Waals surface area contributed by atoms with Gasteiger partial charge in [0.05, 0.1) is 17.9 Å². The van der Waals surface area contributed by atoms with Gasteiger partial charge in [-0.2, -0.15) is 0 Å². The molecular weight excluding hydrogens is 369 g/mol. The van der Waals surface area contributed by atoms with Crippen LogP contribution in [0.5, 0.6) is 5.75 Å². The lowest BCUT2D eigenvalue weighted by Gasteiger charge is -2.07. The lowest BCUT2D eigenvalue weighted by molar-refractivity contribution is -0.118. The fourth-order valence-electron chi connectivity index (χ4n) is 2.26. The molecule has 0 aliphatic heterocycles. The molecule has 0 fully saturated rings. The maximum Gasteiger partial charge on any atom is 0.230 e. The summed E-state index contributed by atoms with van der Waals surface area (Å²) in [6, 6.07) is 15.5. The van der Waals surface area contributed by atoms with Gasteiger partial charge in [-0.25, -0.2) is 9.07 Å². The van der Waals surface area contributed by atoms with Crippen LogP contribution in [0.25, 0.3) is 11.4 Å². The van der Waals surface area contributed by atoms with Crippen molar-refractivity contribution in [1.82, 2.24) is 20.2 Å². The third kappa shape index (κ3) is 4.98. The first-order chi connectivity index (χ1) is 13.1. The van der Waals surface area contributed by atoms with Crippen molar-refractivity contribution in [3.8, 4) is 17.1 Å². The third-order valence-electron chi connectivity index (χ3n) is 3.55. The number of nitrogens with zero attached hydrogens (tertiary/aromatic N) is 3. The Bertz CT molecular complexity index is 904. The van der Waals surface area contributed by atoms with Crippen molar-refractivity contribution in [1.29, 1.82) is 0 Å². The maximum absolute atomic E-state index is 13.9. The second-order valence-electron chi connectivity index (χ2n) is 5.46. The number of benzene rings is 2. The van der Waals surface area contributed by atoms with Crippen LogP contribution in [-0.2, 0) is 4.79 Å². The summed E-state index contributed by atoms with van der Waals surface area (Å²) in [6.07, 6.45) is 0. The number of nitrogen functional groups attached to an aromatic ring is 1.